The number of nitrogens with zero attached hydrogens (tertiary/aromatic N) is 2. The van der Waals surface area contributed by atoms with Gasteiger partial charge in [0.05, 0.1) is 0 Å². The van der Waals surface area contributed by atoms with Crippen molar-refractivity contribution in [3.63, 3.8) is 0 Å². The second kappa shape index (κ2) is 7.22. The van der Waals surface area contributed by atoms with Crippen LogP contribution in [0.1, 0.15) is 27.4 Å². The lowest BCUT2D eigenvalue weighted by Gasteiger charge is -2.13. The molecule has 0 bridgehead atoms. The lowest BCUT2D eigenvalue weighted by molar-refractivity contribution is -0.136. The molecule has 2 heterocycles. The Kier molecular flexibility index (Phi) is 5.32. The molecule has 0 aromatic carbocycles. The van der Waals surface area contributed by atoms with Crippen LogP contribution in [0.5, 0.6) is 0 Å². The number of carboxylic acid groups (broad SMARTS) is 1. The maximum atomic E-state index is 10.8. The van der Waals surface area contributed by atoms with Crippen molar-refractivity contribution in [2.24, 2.45) is 0 Å². The van der Waals surface area contributed by atoms with Gasteiger partial charge in [0.2, 0.25) is 5.95 Å². The van der Waals surface area contributed by atoms with E-state index in [0.717, 1.165) is 24.2 Å². The van der Waals surface area contributed by atoms with Gasteiger partial charge in [-0.25, -0.2) is 4.98 Å². The minimum Gasteiger partial charge on any atom is -0.481 e. The molecule has 0 aliphatic heterocycles. The Morgan fingerprint density at radius 1 is 1.32 bits per heavy atom. The summed E-state index contributed by atoms with van der Waals surface area (Å²) < 4.78 is 0. The van der Waals surface area contributed by atoms with E-state index in [0.29, 0.717) is 12.2 Å². The van der Waals surface area contributed by atoms with E-state index in [1.807, 2.05) is 6.92 Å². The van der Waals surface area contributed by atoms with Gasteiger partial charge in [-0.3, -0.25) is 4.79 Å². The number of nitrogens with two attached hydrogens (primary N) is 1. The zero-order chi connectivity index (χ0) is 16.1. The van der Waals surface area contributed by atoms with E-state index >= 15 is 0 Å². The molecule has 0 fully saturated rings. The van der Waals surface area contributed by atoms with Gasteiger partial charge in [0.1, 0.15) is 5.82 Å². The maximum Gasteiger partial charge on any atom is 0.303 e. The number of aliphatic carboxylic acids is 1. The summed E-state index contributed by atoms with van der Waals surface area (Å²) in [5.41, 5.74) is 7.24. The highest BCUT2D eigenvalue weighted by atomic mass is 32.1. The fourth-order valence-corrected chi connectivity index (χ4v) is 3.11. The molecule has 2 rings (SSSR count). The first kappa shape index (κ1) is 16.2. The molecule has 2 aromatic rings. The molecule has 0 saturated carbocycles. The Bertz CT molecular complexity index is 670. The molecule has 0 aliphatic rings. The number of hydrogen-bond donors (Lipinski definition) is 3. The second-order valence-corrected chi connectivity index (χ2v) is 6.45. The van der Waals surface area contributed by atoms with Gasteiger partial charge in [0.25, 0.3) is 0 Å². The quantitative estimate of drug-likeness (QED) is 0.724. The largest absolute Gasteiger partial charge is 0.481 e. The molecule has 0 unspecified atom stereocenters. The molecule has 118 valence electrons. The Morgan fingerprint density at radius 2 is 2.09 bits per heavy atom. The number of nitrogens with one attached hydrogen (secondary N) is 1. The van der Waals surface area contributed by atoms with Gasteiger partial charge in [-0.2, -0.15) is 4.98 Å². The lowest BCUT2D eigenvalue weighted by Crippen LogP contribution is -2.13. The van der Waals surface area contributed by atoms with E-state index in [2.05, 4.69) is 34.3 Å². The number of aryl methyl sites for hydroxylation is 2. The van der Waals surface area contributed by atoms with Crippen molar-refractivity contribution in [2.75, 3.05) is 17.6 Å². The summed E-state index contributed by atoms with van der Waals surface area (Å²) in [5.74, 6) is 0.00167. The molecule has 4 N–H and O–H groups in total. The van der Waals surface area contributed by atoms with Crippen molar-refractivity contribution in [3.8, 4) is 0 Å². The zero-order valence-electron chi connectivity index (χ0n) is 12.7. The van der Waals surface area contributed by atoms with Crippen molar-refractivity contribution in [3.05, 3.63) is 33.1 Å². The van der Waals surface area contributed by atoms with Gasteiger partial charge < -0.3 is 16.2 Å². The molecule has 0 saturated heterocycles. The number of rotatable bonds is 7. The first-order valence-corrected chi connectivity index (χ1v) is 7.91. The molecule has 7 heteroatoms. The Balaban J connectivity index is 2.05. The van der Waals surface area contributed by atoms with E-state index < -0.39 is 5.97 Å². The van der Waals surface area contributed by atoms with Crippen LogP contribution in [0.2, 0.25) is 0 Å². The van der Waals surface area contributed by atoms with Crippen LogP contribution in [0.4, 0.5) is 11.8 Å². The molecule has 0 amide bonds. The SMILES string of the molecule is Cc1ccc(CCNc2nc(N)nc(C)c2CCC(=O)O)s1. The third kappa shape index (κ3) is 4.42. The summed E-state index contributed by atoms with van der Waals surface area (Å²) in [4.78, 5) is 21.7. The molecule has 6 nitrogen and oxygen atoms in total. The Labute approximate surface area is 133 Å². The number of nitrogen functional groups attached to an aromatic ring is 1. The third-order valence-corrected chi connectivity index (χ3v) is 4.34. The highest BCUT2D eigenvalue weighted by Crippen LogP contribution is 2.20. The van der Waals surface area contributed by atoms with Crippen LogP contribution < -0.4 is 11.1 Å². The minimum atomic E-state index is -0.837. The topological polar surface area (TPSA) is 101 Å². The first-order chi connectivity index (χ1) is 10.5. The van der Waals surface area contributed by atoms with E-state index in [4.69, 9.17) is 10.8 Å². The van der Waals surface area contributed by atoms with Gasteiger partial charge in [0, 0.05) is 34.0 Å². The molecule has 0 spiro atoms. The third-order valence-electron chi connectivity index (χ3n) is 3.28. The predicted octanol–water partition coefficient (Wildman–Crippen LogP) is 2.41. The minimum absolute atomic E-state index is 0.0485. The Hall–Kier alpha value is -2.15. The number of thiophene rings is 1. The fraction of sp³-hybridized carbons (Fsp3) is 0.400. The normalized spacial score (nSPS) is 10.6. The van der Waals surface area contributed by atoms with Crippen LogP contribution in [-0.2, 0) is 17.6 Å². The number of carbonyl (C=O) groups is 1. The summed E-state index contributed by atoms with van der Waals surface area (Å²) in [7, 11) is 0. The molecular formula is C15H20N4O2S. The highest BCUT2D eigenvalue weighted by molar-refractivity contribution is 7.11. The van der Waals surface area contributed by atoms with Crippen molar-refractivity contribution >= 4 is 29.1 Å². The van der Waals surface area contributed by atoms with Crippen LogP contribution in [0.15, 0.2) is 12.1 Å². The van der Waals surface area contributed by atoms with E-state index in [1.54, 1.807) is 11.3 Å². The maximum absolute atomic E-state index is 10.8. The van der Waals surface area contributed by atoms with E-state index in [-0.39, 0.29) is 12.4 Å². The molecule has 22 heavy (non-hydrogen) atoms. The zero-order valence-corrected chi connectivity index (χ0v) is 13.5. The number of anilines is 2. The van der Waals surface area contributed by atoms with E-state index in [1.165, 1.54) is 9.75 Å². The molecule has 0 aliphatic carbocycles. The summed E-state index contributed by atoms with van der Waals surface area (Å²) >= 11 is 1.77. The summed E-state index contributed by atoms with van der Waals surface area (Å²) in [6.45, 7) is 4.62. The molecular weight excluding hydrogens is 300 g/mol. The van der Waals surface area contributed by atoms with Gasteiger partial charge >= 0.3 is 5.97 Å². The average Bonchev–Trinajstić information content (AvgIpc) is 2.83. The van der Waals surface area contributed by atoms with Gasteiger partial charge in [-0.05, 0) is 38.8 Å². The molecule has 0 atom stereocenters. The first-order valence-electron chi connectivity index (χ1n) is 7.09. The van der Waals surface area contributed by atoms with E-state index in [9.17, 15) is 4.79 Å². The van der Waals surface area contributed by atoms with Crippen LogP contribution in [0.25, 0.3) is 0 Å². The van der Waals surface area contributed by atoms with Crippen molar-refractivity contribution in [1.29, 1.82) is 0 Å². The highest BCUT2D eigenvalue weighted by Gasteiger charge is 2.12. The van der Waals surface area contributed by atoms with Crippen molar-refractivity contribution in [2.45, 2.75) is 33.1 Å². The average molecular weight is 320 g/mol. The monoisotopic (exact) mass is 320 g/mol. The number of hydrogen-bond acceptors (Lipinski definition) is 6. The predicted molar refractivity (Wildman–Crippen MR) is 88.4 cm³/mol. The van der Waals surface area contributed by atoms with Crippen LogP contribution in [0, 0.1) is 13.8 Å². The summed E-state index contributed by atoms with van der Waals surface area (Å²) in [5, 5.41) is 12.1. The van der Waals surface area contributed by atoms with Gasteiger partial charge in [-0.15, -0.1) is 11.3 Å². The molecule has 0 radical (unpaired) electrons. The molecule has 2 aromatic heterocycles. The van der Waals surface area contributed by atoms with Gasteiger partial charge in [0.15, 0.2) is 0 Å². The summed E-state index contributed by atoms with van der Waals surface area (Å²) in [6, 6.07) is 4.22. The standard InChI is InChI=1S/C15H20N4O2S/c1-9-3-4-11(22-9)7-8-17-14-12(5-6-13(20)21)10(2)18-15(16)19-14/h3-4H,5-8H2,1-2H3,(H,20,21)(H3,16,17,18,19). The smallest absolute Gasteiger partial charge is 0.303 e. The number of carboxylic acids is 1. The fourth-order valence-electron chi connectivity index (χ4n) is 2.22. The van der Waals surface area contributed by atoms with Crippen LogP contribution in [0.3, 0.4) is 0 Å². The lowest BCUT2D eigenvalue weighted by atomic mass is 10.1. The number of aromatic nitrogens is 2. The van der Waals surface area contributed by atoms with Crippen LogP contribution in [-0.4, -0.2) is 27.6 Å². The van der Waals surface area contributed by atoms with Crippen molar-refractivity contribution in [1.82, 2.24) is 9.97 Å². The second-order valence-electron chi connectivity index (χ2n) is 5.08. The summed E-state index contributed by atoms with van der Waals surface area (Å²) in [6.07, 6.45) is 1.33. The van der Waals surface area contributed by atoms with Gasteiger partial charge in [-0.1, -0.05) is 0 Å². The Morgan fingerprint density at radius 3 is 2.73 bits per heavy atom. The van der Waals surface area contributed by atoms with Crippen molar-refractivity contribution < 1.29 is 9.90 Å². The van der Waals surface area contributed by atoms with Crippen LogP contribution >= 0.6 is 11.3 Å².